The minimum atomic E-state index is -0.148. The van der Waals surface area contributed by atoms with E-state index >= 15 is 0 Å². The summed E-state index contributed by atoms with van der Waals surface area (Å²) in [6.07, 6.45) is 4.29. The molecule has 0 unspecified atom stereocenters. The molecule has 21 heavy (non-hydrogen) atoms. The highest BCUT2D eigenvalue weighted by atomic mass is 16.5. The number of guanidine groups is 1. The molecule has 0 aromatic carbocycles. The van der Waals surface area contributed by atoms with Crippen molar-refractivity contribution in [1.82, 2.24) is 10.6 Å². The molecule has 0 saturated carbocycles. The Morgan fingerprint density at radius 1 is 1.10 bits per heavy atom. The van der Waals surface area contributed by atoms with Gasteiger partial charge in [-0.2, -0.15) is 0 Å². The first kappa shape index (κ1) is 19.7. The van der Waals surface area contributed by atoms with Gasteiger partial charge in [-0.05, 0) is 39.5 Å². The number of hydrogen-bond acceptors (Lipinski definition) is 4. The number of esters is 1. The van der Waals surface area contributed by atoms with Crippen LogP contribution in [0.5, 0.6) is 0 Å². The zero-order valence-corrected chi connectivity index (χ0v) is 13.7. The molecule has 0 aromatic rings. The average Bonchev–Trinajstić information content (AvgIpc) is 2.49. The van der Waals surface area contributed by atoms with Crippen molar-refractivity contribution in [3.05, 3.63) is 0 Å². The number of nitrogens with one attached hydrogen (secondary N) is 2. The molecule has 0 spiro atoms. The van der Waals surface area contributed by atoms with Gasteiger partial charge in [0.15, 0.2) is 5.96 Å². The van der Waals surface area contributed by atoms with E-state index in [4.69, 9.17) is 4.74 Å². The van der Waals surface area contributed by atoms with Crippen molar-refractivity contribution in [1.29, 1.82) is 0 Å². The molecule has 0 aliphatic heterocycles. The second-order valence-corrected chi connectivity index (χ2v) is 4.62. The maximum absolute atomic E-state index is 11.0. The largest absolute Gasteiger partial charge is 0.469 e. The molecule has 6 nitrogen and oxygen atoms in total. The van der Waals surface area contributed by atoms with Crippen LogP contribution in [0.2, 0.25) is 0 Å². The lowest BCUT2D eigenvalue weighted by atomic mass is 10.2. The monoisotopic (exact) mass is 301 g/mol. The second-order valence-electron chi connectivity index (χ2n) is 4.62. The first-order valence-corrected chi connectivity index (χ1v) is 7.91. The highest BCUT2D eigenvalue weighted by molar-refractivity contribution is 5.79. The van der Waals surface area contributed by atoms with Crippen LogP contribution in [0, 0.1) is 0 Å². The lowest BCUT2D eigenvalue weighted by molar-refractivity contribution is -0.140. The van der Waals surface area contributed by atoms with Crippen LogP contribution in [0.15, 0.2) is 4.99 Å². The fourth-order valence-corrected chi connectivity index (χ4v) is 1.70. The smallest absolute Gasteiger partial charge is 0.305 e. The fourth-order valence-electron chi connectivity index (χ4n) is 1.70. The number of unbranched alkanes of at least 4 members (excludes halogenated alkanes) is 2. The van der Waals surface area contributed by atoms with Crippen LogP contribution in [-0.2, 0) is 14.3 Å². The third kappa shape index (κ3) is 13.4. The number of rotatable bonds is 12. The van der Waals surface area contributed by atoms with Crippen LogP contribution < -0.4 is 10.6 Å². The average molecular weight is 301 g/mol. The molecule has 0 heterocycles. The summed E-state index contributed by atoms with van der Waals surface area (Å²) in [7, 11) is 1.42. The Balaban J connectivity index is 3.72. The van der Waals surface area contributed by atoms with Crippen molar-refractivity contribution in [2.45, 2.75) is 46.0 Å². The number of nitrogens with zero attached hydrogens (tertiary/aromatic N) is 1. The number of ether oxygens (including phenoxy) is 2. The minimum absolute atomic E-state index is 0.148. The molecule has 0 bridgehead atoms. The van der Waals surface area contributed by atoms with E-state index in [1.807, 2.05) is 13.8 Å². The van der Waals surface area contributed by atoms with Crippen molar-refractivity contribution in [2.24, 2.45) is 4.99 Å². The topological polar surface area (TPSA) is 72.0 Å². The predicted molar refractivity (Wildman–Crippen MR) is 85.6 cm³/mol. The molecule has 0 rings (SSSR count). The molecule has 0 atom stereocenters. The summed E-state index contributed by atoms with van der Waals surface area (Å²) < 4.78 is 9.90. The fraction of sp³-hybridized carbons (Fsp3) is 0.867. The SMILES string of the molecule is CCNC(=NCCCCOCC)NCCCCC(=O)OC. The van der Waals surface area contributed by atoms with E-state index in [9.17, 15) is 4.79 Å². The van der Waals surface area contributed by atoms with Crippen molar-refractivity contribution in [2.75, 3.05) is 40.0 Å². The number of methoxy groups -OCH3 is 1. The first-order chi connectivity index (χ1) is 10.2. The van der Waals surface area contributed by atoms with E-state index in [-0.39, 0.29) is 5.97 Å². The van der Waals surface area contributed by atoms with E-state index < -0.39 is 0 Å². The van der Waals surface area contributed by atoms with Crippen LogP contribution in [-0.4, -0.2) is 51.9 Å². The van der Waals surface area contributed by atoms with Gasteiger partial charge >= 0.3 is 5.97 Å². The van der Waals surface area contributed by atoms with E-state index in [1.54, 1.807) is 0 Å². The maximum atomic E-state index is 11.0. The van der Waals surface area contributed by atoms with Crippen molar-refractivity contribution < 1.29 is 14.3 Å². The quantitative estimate of drug-likeness (QED) is 0.248. The Morgan fingerprint density at radius 3 is 2.57 bits per heavy atom. The Labute approximate surface area is 128 Å². The predicted octanol–water partition coefficient (Wildman–Crippen LogP) is 1.70. The van der Waals surface area contributed by atoms with E-state index in [2.05, 4.69) is 20.4 Å². The van der Waals surface area contributed by atoms with Crippen molar-refractivity contribution in [3.8, 4) is 0 Å². The van der Waals surface area contributed by atoms with Crippen molar-refractivity contribution >= 4 is 11.9 Å². The molecule has 0 fully saturated rings. The molecule has 0 aromatic heterocycles. The number of carbonyl (C=O) groups excluding carboxylic acids is 1. The molecule has 0 aliphatic carbocycles. The van der Waals surface area contributed by atoms with E-state index in [1.165, 1.54) is 7.11 Å². The van der Waals surface area contributed by atoms with Gasteiger partial charge in [-0.25, -0.2) is 0 Å². The van der Waals surface area contributed by atoms with Gasteiger partial charge in [0.25, 0.3) is 0 Å². The summed E-state index contributed by atoms with van der Waals surface area (Å²) in [6.45, 7) is 8.08. The molecule has 0 aliphatic rings. The third-order valence-corrected chi connectivity index (χ3v) is 2.84. The lowest BCUT2D eigenvalue weighted by Gasteiger charge is -2.11. The second kappa shape index (κ2) is 15.1. The summed E-state index contributed by atoms with van der Waals surface area (Å²) in [5, 5.41) is 6.48. The zero-order valence-electron chi connectivity index (χ0n) is 13.7. The summed E-state index contributed by atoms with van der Waals surface area (Å²) in [4.78, 5) is 15.5. The van der Waals surface area contributed by atoms with Crippen LogP contribution in [0.3, 0.4) is 0 Å². The Morgan fingerprint density at radius 2 is 1.90 bits per heavy atom. The van der Waals surface area contributed by atoms with E-state index in [0.29, 0.717) is 6.42 Å². The zero-order chi connectivity index (χ0) is 15.8. The van der Waals surface area contributed by atoms with Gasteiger partial charge in [-0.15, -0.1) is 0 Å². The first-order valence-electron chi connectivity index (χ1n) is 7.91. The van der Waals surface area contributed by atoms with Gasteiger partial charge < -0.3 is 20.1 Å². The van der Waals surface area contributed by atoms with Crippen LogP contribution in [0.4, 0.5) is 0 Å². The summed E-state index contributed by atoms with van der Waals surface area (Å²) in [6, 6.07) is 0. The van der Waals surface area contributed by atoms with Gasteiger partial charge in [0, 0.05) is 39.3 Å². The molecular formula is C15H31N3O3. The normalized spacial score (nSPS) is 11.3. The highest BCUT2D eigenvalue weighted by Crippen LogP contribution is 1.96. The Hall–Kier alpha value is -1.30. The van der Waals surface area contributed by atoms with Gasteiger partial charge in [-0.1, -0.05) is 0 Å². The molecule has 124 valence electrons. The molecule has 0 radical (unpaired) electrons. The number of hydrogen-bond donors (Lipinski definition) is 2. The maximum Gasteiger partial charge on any atom is 0.305 e. The van der Waals surface area contributed by atoms with Gasteiger partial charge in [-0.3, -0.25) is 9.79 Å². The third-order valence-electron chi connectivity index (χ3n) is 2.84. The van der Waals surface area contributed by atoms with Gasteiger partial charge in [0.1, 0.15) is 0 Å². The summed E-state index contributed by atoms with van der Waals surface area (Å²) >= 11 is 0. The number of carbonyl (C=O) groups is 1. The lowest BCUT2D eigenvalue weighted by Crippen LogP contribution is -2.37. The Bertz CT molecular complexity index is 283. The Kier molecular flexibility index (Phi) is 14.2. The molecule has 0 saturated heterocycles. The summed E-state index contributed by atoms with van der Waals surface area (Å²) in [5.41, 5.74) is 0. The number of aliphatic imine (C=N–C) groups is 1. The standard InChI is InChI=1S/C15H31N3O3/c1-4-16-15(18-12-8-9-13-21-5-2)17-11-7-6-10-14(19)20-3/h4-13H2,1-3H3,(H2,16,17,18). The van der Waals surface area contributed by atoms with Crippen LogP contribution in [0.1, 0.15) is 46.0 Å². The van der Waals surface area contributed by atoms with E-state index in [0.717, 1.165) is 64.5 Å². The highest BCUT2D eigenvalue weighted by Gasteiger charge is 2.00. The minimum Gasteiger partial charge on any atom is -0.469 e. The van der Waals surface area contributed by atoms with Crippen LogP contribution >= 0.6 is 0 Å². The molecular weight excluding hydrogens is 270 g/mol. The van der Waals surface area contributed by atoms with Gasteiger partial charge in [0.2, 0.25) is 0 Å². The molecule has 2 N–H and O–H groups in total. The van der Waals surface area contributed by atoms with Crippen LogP contribution in [0.25, 0.3) is 0 Å². The molecule has 0 amide bonds. The van der Waals surface area contributed by atoms with Crippen molar-refractivity contribution in [3.63, 3.8) is 0 Å². The molecule has 6 heteroatoms. The summed E-state index contributed by atoms with van der Waals surface area (Å²) in [5.74, 6) is 0.692. The van der Waals surface area contributed by atoms with Gasteiger partial charge in [0.05, 0.1) is 7.11 Å².